The van der Waals surface area contributed by atoms with Crippen LogP contribution in [0.1, 0.15) is 22.3 Å². The molecule has 0 radical (unpaired) electrons. The van der Waals surface area contributed by atoms with E-state index in [9.17, 15) is 9.59 Å². The van der Waals surface area contributed by atoms with E-state index in [0.29, 0.717) is 21.3 Å². The third kappa shape index (κ3) is 4.76. The highest BCUT2D eigenvalue weighted by molar-refractivity contribution is 9.10. The Bertz CT molecular complexity index is 1500. The van der Waals surface area contributed by atoms with E-state index in [1.165, 1.54) is 11.8 Å². The zero-order valence-corrected chi connectivity index (χ0v) is 22.7. The Labute approximate surface area is 223 Å². The van der Waals surface area contributed by atoms with Crippen molar-refractivity contribution < 1.29 is 9.59 Å². The maximum Gasteiger partial charge on any atom is 0.276 e. The quantitative estimate of drug-likeness (QED) is 0.266. The fourth-order valence-electron chi connectivity index (χ4n) is 3.87. The number of fused-ring (bicyclic) bond motifs is 1. The minimum absolute atomic E-state index is 0.195. The summed E-state index contributed by atoms with van der Waals surface area (Å²) in [6.45, 7) is 3.96. The van der Waals surface area contributed by atoms with E-state index in [1.807, 2.05) is 80.6 Å². The highest BCUT2D eigenvalue weighted by atomic mass is 79.9. The number of rotatable bonds is 3. The number of nitrogens with one attached hydrogen (secondary N) is 1. The number of halogens is 2. The first-order chi connectivity index (χ1) is 16.8. The van der Waals surface area contributed by atoms with Crippen molar-refractivity contribution in [1.82, 2.24) is 0 Å². The van der Waals surface area contributed by atoms with Gasteiger partial charge in [0.15, 0.2) is 5.71 Å². The van der Waals surface area contributed by atoms with E-state index in [4.69, 9.17) is 0 Å². The summed E-state index contributed by atoms with van der Waals surface area (Å²) in [6, 6.07) is 19.1. The summed E-state index contributed by atoms with van der Waals surface area (Å²) in [5.74, 6) is -0.528. The fraction of sp³-hybridized carbons (Fsp3) is 0.0769. The van der Waals surface area contributed by atoms with Gasteiger partial charge in [-0.05, 0) is 79.2 Å². The lowest BCUT2D eigenvalue weighted by Crippen LogP contribution is -2.29. The molecule has 1 N–H and O–H groups in total. The number of carbonyl (C=O) groups is 2. The molecule has 174 valence electrons. The van der Waals surface area contributed by atoms with Gasteiger partial charge in [0.05, 0.1) is 16.3 Å². The van der Waals surface area contributed by atoms with Crippen molar-refractivity contribution in [3.8, 4) is 0 Å². The van der Waals surface area contributed by atoms with Crippen molar-refractivity contribution in [3.05, 3.63) is 96.8 Å². The molecule has 2 heterocycles. The summed E-state index contributed by atoms with van der Waals surface area (Å²) in [7, 11) is 0. The van der Waals surface area contributed by atoms with Crippen LogP contribution in [0.5, 0.6) is 0 Å². The number of amides is 2. The molecular weight excluding hydrogens is 592 g/mol. The molecule has 2 aliphatic rings. The SMILES string of the molecule is Cc1ccc(N2C(=O)C(=Cc3cccc(Br)c3)SC2=NN=C2C(=O)Nc3ccc(Br)cc32)c(C)c1. The molecule has 6 nitrogen and oxygen atoms in total. The van der Waals surface area contributed by atoms with Crippen LogP contribution < -0.4 is 10.2 Å². The van der Waals surface area contributed by atoms with Crippen LogP contribution in [0.4, 0.5) is 11.4 Å². The van der Waals surface area contributed by atoms with E-state index in [1.54, 1.807) is 4.90 Å². The van der Waals surface area contributed by atoms with Crippen LogP contribution in [0.2, 0.25) is 0 Å². The Morgan fingerprint density at radius 2 is 1.74 bits per heavy atom. The number of hydrogen-bond donors (Lipinski definition) is 1. The highest BCUT2D eigenvalue weighted by Crippen LogP contribution is 2.38. The second kappa shape index (κ2) is 9.56. The Kier molecular flexibility index (Phi) is 6.48. The lowest BCUT2D eigenvalue weighted by atomic mass is 10.1. The van der Waals surface area contributed by atoms with Crippen LogP contribution in [0.3, 0.4) is 0 Å². The van der Waals surface area contributed by atoms with E-state index in [0.717, 1.165) is 31.3 Å². The smallest absolute Gasteiger partial charge is 0.276 e. The normalized spacial score (nSPS) is 18.6. The van der Waals surface area contributed by atoms with Gasteiger partial charge < -0.3 is 5.32 Å². The molecule has 1 saturated heterocycles. The van der Waals surface area contributed by atoms with Crippen LogP contribution in [-0.2, 0) is 9.59 Å². The molecule has 2 aliphatic heterocycles. The van der Waals surface area contributed by atoms with Crippen molar-refractivity contribution in [2.75, 3.05) is 10.2 Å². The second-order valence-electron chi connectivity index (χ2n) is 8.07. The molecule has 0 atom stereocenters. The number of amidine groups is 1. The average Bonchev–Trinajstić information content (AvgIpc) is 3.28. The first-order valence-electron chi connectivity index (χ1n) is 10.6. The molecule has 0 saturated carbocycles. The zero-order valence-electron chi connectivity index (χ0n) is 18.7. The second-order valence-corrected chi connectivity index (χ2v) is 10.9. The Morgan fingerprint density at radius 1 is 0.943 bits per heavy atom. The summed E-state index contributed by atoms with van der Waals surface area (Å²) in [4.78, 5) is 28.2. The average molecular weight is 610 g/mol. The van der Waals surface area contributed by atoms with Gasteiger partial charge in [-0.25, -0.2) is 0 Å². The van der Waals surface area contributed by atoms with E-state index >= 15 is 0 Å². The maximum absolute atomic E-state index is 13.6. The fourth-order valence-corrected chi connectivity index (χ4v) is 5.58. The van der Waals surface area contributed by atoms with Crippen LogP contribution >= 0.6 is 43.6 Å². The van der Waals surface area contributed by atoms with Crippen LogP contribution in [0, 0.1) is 13.8 Å². The number of carbonyl (C=O) groups excluding carboxylic acids is 2. The predicted octanol–water partition coefficient (Wildman–Crippen LogP) is 6.66. The minimum Gasteiger partial charge on any atom is -0.320 e. The van der Waals surface area contributed by atoms with E-state index in [-0.39, 0.29) is 17.5 Å². The van der Waals surface area contributed by atoms with E-state index < -0.39 is 0 Å². The predicted molar refractivity (Wildman–Crippen MR) is 150 cm³/mol. The maximum atomic E-state index is 13.6. The van der Waals surface area contributed by atoms with Crippen molar-refractivity contribution in [2.24, 2.45) is 10.2 Å². The van der Waals surface area contributed by atoms with Crippen LogP contribution in [0.25, 0.3) is 6.08 Å². The van der Waals surface area contributed by atoms with Crippen molar-refractivity contribution in [1.29, 1.82) is 0 Å². The van der Waals surface area contributed by atoms with Gasteiger partial charge in [0.1, 0.15) is 0 Å². The van der Waals surface area contributed by atoms with Gasteiger partial charge in [-0.15, -0.1) is 10.2 Å². The van der Waals surface area contributed by atoms with Gasteiger partial charge >= 0.3 is 0 Å². The number of nitrogens with zero attached hydrogens (tertiary/aromatic N) is 3. The van der Waals surface area contributed by atoms with Gasteiger partial charge in [0.2, 0.25) is 5.17 Å². The molecule has 3 aromatic carbocycles. The molecule has 0 unspecified atom stereocenters. The molecule has 1 fully saturated rings. The number of anilines is 2. The third-order valence-corrected chi connectivity index (χ3v) is 7.43. The third-order valence-electron chi connectivity index (χ3n) is 5.48. The lowest BCUT2D eigenvalue weighted by Gasteiger charge is -2.17. The standard InChI is InChI=1S/C26H18Br2N4O2S/c1-14-6-9-21(15(2)10-14)32-25(34)22(12-16-4-3-5-17(27)11-16)35-26(32)31-30-23-19-13-18(28)7-8-20(19)29-24(23)33/h3-13H,1-2H3,(H,29,30,33). The molecule has 35 heavy (non-hydrogen) atoms. The summed E-state index contributed by atoms with van der Waals surface area (Å²) in [5.41, 5.74) is 5.18. The minimum atomic E-state index is -0.334. The number of hydrogen-bond acceptors (Lipinski definition) is 5. The highest BCUT2D eigenvalue weighted by Gasteiger charge is 2.36. The molecule has 2 amide bonds. The molecule has 0 spiro atoms. The van der Waals surface area contributed by atoms with Gasteiger partial charge in [-0.2, -0.15) is 0 Å². The van der Waals surface area contributed by atoms with Gasteiger partial charge in [0.25, 0.3) is 11.8 Å². The lowest BCUT2D eigenvalue weighted by molar-refractivity contribution is -0.113. The first-order valence-corrected chi connectivity index (χ1v) is 13.0. The largest absolute Gasteiger partial charge is 0.320 e. The van der Waals surface area contributed by atoms with Crippen molar-refractivity contribution >= 4 is 83.8 Å². The first kappa shape index (κ1) is 23.7. The van der Waals surface area contributed by atoms with Gasteiger partial charge in [0, 0.05) is 14.5 Å². The summed E-state index contributed by atoms with van der Waals surface area (Å²) in [6.07, 6.45) is 1.83. The number of aryl methyl sites for hydroxylation is 2. The van der Waals surface area contributed by atoms with E-state index in [2.05, 4.69) is 47.4 Å². The van der Waals surface area contributed by atoms with Gasteiger partial charge in [-0.3, -0.25) is 14.5 Å². The zero-order chi connectivity index (χ0) is 24.7. The molecule has 3 aromatic rings. The molecule has 0 bridgehead atoms. The molecule has 0 aromatic heterocycles. The Hall–Kier alpha value is -3.01. The van der Waals surface area contributed by atoms with Crippen LogP contribution in [-0.4, -0.2) is 22.7 Å². The molecular formula is C26H18Br2N4O2S. The van der Waals surface area contributed by atoms with Crippen LogP contribution in [0.15, 0.2) is 84.7 Å². The topological polar surface area (TPSA) is 74.1 Å². The molecule has 5 rings (SSSR count). The Morgan fingerprint density at radius 3 is 2.51 bits per heavy atom. The summed E-state index contributed by atoms with van der Waals surface area (Å²) in [5, 5.41) is 11.9. The molecule has 0 aliphatic carbocycles. The van der Waals surface area contributed by atoms with Gasteiger partial charge in [-0.1, -0.05) is 61.7 Å². The number of thioether (sulfide) groups is 1. The monoisotopic (exact) mass is 608 g/mol. The molecule has 9 heteroatoms. The summed E-state index contributed by atoms with van der Waals surface area (Å²) < 4.78 is 1.75. The van der Waals surface area contributed by atoms with Crippen molar-refractivity contribution in [3.63, 3.8) is 0 Å². The summed E-state index contributed by atoms with van der Waals surface area (Å²) >= 11 is 8.14. The number of benzene rings is 3. The Balaban J connectivity index is 1.60. The van der Waals surface area contributed by atoms with Crippen molar-refractivity contribution in [2.45, 2.75) is 13.8 Å².